The third-order valence-electron chi connectivity index (χ3n) is 4.18. The van der Waals surface area contributed by atoms with Crippen molar-refractivity contribution in [3.8, 4) is 0 Å². The molecule has 0 unspecified atom stereocenters. The van der Waals surface area contributed by atoms with Gasteiger partial charge in [-0.2, -0.15) is 0 Å². The number of hydrogen-bond donors (Lipinski definition) is 0. The van der Waals surface area contributed by atoms with Crippen LogP contribution in [0.5, 0.6) is 0 Å². The first-order valence-electron chi connectivity index (χ1n) is 8.58. The van der Waals surface area contributed by atoms with Gasteiger partial charge in [-0.25, -0.2) is 0 Å². The fourth-order valence-electron chi connectivity index (χ4n) is 2.76. The van der Waals surface area contributed by atoms with Crippen LogP contribution in [0.3, 0.4) is 0 Å². The molecule has 0 aromatic heterocycles. The second kappa shape index (κ2) is 16.4. The number of hydrogen-bond acceptors (Lipinski definition) is 0. The summed E-state index contributed by atoms with van der Waals surface area (Å²) in [7, 11) is 2.46. The number of unbranched alkanes of at least 4 members (excludes halogenated alkanes) is 7. The second-order valence-electron chi connectivity index (χ2n) is 6.31. The minimum atomic E-state index is 0. The molecule has 0 aromatic rings. The van der Waals surface area contributed by atoms with Crippen molar-refractivity contribution >= 4 is 11.6 Å². The summed E-state index contributed by atoms with van der Waals surface area (Å²) in [6, 6.07) is 0. The van der Waals surface area contributed by atoms with Gasteiger partial charge in [-0.15, -0.1) is 11.6 Å². The summed E-state index contributed by atoms with van der Waals surface area (Å²) in [6.45, 7) is 8.65. The number of quaternary nitrogens is 1. The molecule has 0 rings (SSSR count). The Bertz CT molecular complexity index is 176. The van der Waals surface area contributed by atoms with Crippen molar-refractivity contribution in [2.45, 2.75) is 78.1 Å². The van der Waals surface area contributed by atoms with E-state index in [4.69, 9.17) is 11.6 Å². The molecule has 0 saturated heterocycles. The lowest BCUT2D eigenvalue weighted by Gasteiger charge is -2.35. The lowest BCUT2D eigenvalue weighted by atomic mass is 10.1. The molecule has 0 aliphatic heterocycles. The van der Waals surface area contributed by atoms with E-state index in [2.05, 4.69) is 20.9 Å². The Morgan fingerprint density at radius 2 is 1.05 bits per heavy atom. The molecule has 3 heteroatoms. The first kappa shape index (κ1) is 23.2. The van der Waals surface area contributed by atoms with E-state index in [0.29, 0.717) is 0 Å². The van der Waals surface area contributed by atoms with Crippen LogP contribution in [-0.4, -0.2) is 37.0 Å². The highest BCUT2D eigenvalue weighted by Gasteiger charge is 2.19. The lowest BCUT2D eigenvalue weighted by molar-refractivity contribution is -0.910. The van der Waals surface area contributed by atoms with Crippen molar-refractivity contribution in [2.24, 2.45) is 0 Å². The van der Waals surface area contributed by atoms with Gasteiger partial charge in [0.1, 0.15) is 0 Å². The van der Waals surface area contributed by atoms with Crippen molar-refractivity contribution in [1.29, 1.82) is 0 Å². The van der Waals surface area contributed by atoms with Crippen molar-refractivity contribution in [3.05, 3.63) is 0 Å². The quantitative estimate of drug-likeness (QED) is 0.176. The van der Waals surface area contributed by atoms with Gasteiger partial charge in [-0.1, -0.05) is 39.5 Å². The van der Waals surface area contributed by atoms with Crippen LogP contribution in [-0.2, 0) is 0 Å². The smallest absolute Gasteiger partial charge is 0.0784 e. The number of alkyl halides is 1. The summed E-state index contributed by atoms with van der Waals surface area (Å²) in [6.07, 6.45) is 13.6. The first-order chi connectivity index (χ1) is 9.18. The van der Waals surface area contributed by atoms with Crippen LogP contribution >= 0.6 is 11.6 Å². The monoisotopic (exact) mass is 417 g/mol. The van der Waals surface area contributed by atoms with E-state index in [-0.39, 0.29) is 24.0 Å². The van der Waals surface area contributed by atoms with E-state index in [9.17, 15) is 0 Å². The van der Waals surface area contributed by atoms with E-state index in [0.717, 1.165) is 5.88 Å². The Morgan fingerprint density at radius 1 is 0.650 bits per heavy atom. The maximum absolute atomic E-state index is 5.81. The fraction of sp³-hybridized carbons (Fsp3) is 1.00. The largest absolute Gasteiger partial charge is 1.00 e. The molecule has 0 fully saturated rings. The van der Waals surface area contributed by atoms with Crippen LogP contribution in [0.2, 0.25) is 0 Å². The molecule has 0 spiro atoms. The zero-order chi connectivity index (χ0) is 14.4. The lowest BCUT2D eigenvalue weighted by Crippen LogP contribution is -3.00. The number of rotatable bonds is 14. The van der Waals surface area contributed by atoms with Crippen molar-refractivity contribution < 1.29 is 28.5 Å². The summed E-state index contributed by atoms with van der Waals surface area (Å²) in [5.41, 5.74) is 0. The second-order valence-corrected chi connectivity index (χ2v) is 6.69. The Morgan fingerprint density at radius 3 is 1.40 bits per heavy atom. The molecule has 0 heterocycles. The predicted octanol–water partition coefficient (Wildman–Crippen LogP) is 2.62. The predicted molar refractivity (Wildman–Crippen MR) is 89.0 cm³/mol. The van der Waals surface area contributed by atoms with Crippen LogP contribution in [0.1, 0.15) is 78.1 Å². The number of nitrogens with zero attached hydrogens (tertiary/aromatic N) is 1. The van der Waals surface area contributed by atoms with Crippen molar-refractivity contribution in [3.63, 3.8) is 0 Å². The normalized spacial score (nSPS) is 11.4. The summed E-state index contributed by atoms with van der Waals surface area (Å²) >= 11 is 5.81. The van der Waals surface area contributed by atoms with Crippen molar-refractivity contribution in [1.82, 2.24) is 0 Å². The molecule has 0 bridgehead atoms. The molecule has 0 atom stereocenters. The number of halogens is 2. The zero-order valence-corrected chi connectivity index (χ0v) is 17.0. The molecule has 1 nitrogen and oxygen atoms in total. The van der Waals surface area contributed by atoms with Crippen LogP contribution in [0.4, 0.5) is 0 Å². The fourth-order valence-corrected chi connectivity index (χ4v) is 2.95. The van der Waals surface area contributed by atoms with E-state index >= 15 is 0 Å². The molecule has 0 radical (unpaired) electrons. The SMILES string of the molecule is CCCCCC[N+](C)(CCCCCl)CCCCCC.[I-]. The zero-order valence-electron chi connectivity index (χ0n) is 14.1. The molecule has 0 saturated carbocycles. The van der Waals surface area contributed by atoms with Crippen LogP contribution in [0, 0.1) is 0 Å². The maximum Gasteiger partial charge on any atom is 0.0784 e. The Hall–Kier alpha value is 0.980. The highest BCUT2D eigenvalue weighted by Crippen LogP contribution is 2.13. The Labute approximate surface area is 150 Å². The van der Waals surface area contributed by atoms with Gasteiger partial charge < -0.3 is 28.5 Å². The van der Waals surface area contributed by atoms with Gasteiger partial charge in [-0.05, 0) is 38.5 Å². The molecule has 0 aliphatic carbocycles. The van der Waals surface area contributed by atoms with Crippen LogP contribution in [0.25, 0.3) is 0 Å². The van der Waals surface area contributed by atoms with E-state index < -0.39 is 0 Å². The van der Waals surface area contributed by atoms with Gasteiger partial charge in [-0.3, -0.25) is 0 Å². The summed E-state index contributed by atoms with van der Waals surface area (Å²) in [4.78, 5) is 0. The van der Waals surface area contributed by atoms with E-state index in [1.54, 1.807) is 0 Å². The third kappa shape index (κ3) is 13.9. The highest BCUT2D eigenvalue weighted by molar-refractivity contribution is 6.17. The minimum Gasteiger partial charge on any atom is -1.00 e. The summed E-state index contributed by atoms with van der Waals surface area (Å²) in [5, 5.41) is 0. The molecule has 0 amide bonds. The standard InChI is InChI=1S/C17H37ClN.HI/c1-4-6-8-11-15-19(3,17-13-10-14-18)16-12-9-7-5-2;/h4-17H2,1-3H3;1H/q+1;/p-1. The van der Waals surface area contributed by atoms with Crippen LogP contribution in [0.15, 0.2) is 0 Å². The minimum absolute atomic E-state index is 0. The highest BCUT2D eigenvalue weighted by atomic mass is 127. The van der Waals surface area contributed by atoms with Gasteiger partial charge in [0, 0.05) is 5.88 Å². The molecular formula is C17H37ClIN. The van der Waals surface area contributed by atoms with E-state index in [1.807, 2.05) is 0 Å². The van der Waals surface area contributed by atoms with E-state index in [1.165, 1.54) is 88.3 Å². The molecule has 0 aliphatic rings. The van der Waals surface area contributed by atoms with Gasteiger partial charge >= 0.3 is 0 Å². The third-order valence-corrected chi connectivity index (χ3v) is 4.45. The van der Waals surface area contributed by atoms with Crippen LogP contribution < -0.4 is 24.0 Å². The topological polar surface area (TPSA) is 0 Å². The molecule has 124 valence electrons. The summed E-state index contributed by atoms with van der Waals surface area (Å²) < 4.78 is 1.28. The molecular weight excluding hydrogens is 381 g/mol. The average Bonchev–Trinajstić information content (AvgIpc) is 2.41. The average molecular weight is 418 g/mol. The van der Waals surface area contributed by atoms with Gasteiger partial charge in [0.25, 0.3) is 0 Å². The maximum atomic E-state index is 5.81. The van der Waals surface area contributed by atoms with Gasteiger partial charge in [0.15, 0.2) is 0 Å². The Balaban J connectivity index is 0. The molecule has 0 aromatic carbocycles. The summed E-state index contributed by atoms with van der Waals surface area (Å²) in [5.74, 6) is 0.825. The Kier molecular flexibility index (Phi) is 19.0. The van der Waals surface area contributed by atoms with Gasteiger partial charge in [0.05, 0.1) is 26.7 Å². The molecule has 20 heavy (non-hydrogen) atoms. The first-order valence-corrected chi connectivity index (χ1v) is 9.11. The van der Waals surface area contributed by atoms with Crippen molar-refractivity contribution in [2.75, 3.05) is 32.6 Å². The molecule has 0 N–H and O–H groups in total. The van der Waals surface area contributed by atoms with Gasteiger partial charge in [0.2, 0.25) is 0 Å².